The van der Waals surface area contributed by atoms with Crippen LogP contribution in [-0.2, 0) is 10.0 Å². The van der Waals surface area contributed by atoms with Crippen molar-refractivity contribution in [2.75, 3.05) is 16.7 Å². The molecule has 0 bridgehead atoms. The van der Waals surface area contributed by atoms with Crippen molar-refractivity contribution < 1.29 is 8.42 Å². The van der Waals surface area contributed by atoms with Gasteiger partial charge in [0.2, 0.25) is 0 Å². The first kappa shape index (κ1) is 16.5. The average Bonchev–Trinajstić information content (AvgIpc) is 2.76. The number of benzene rings is 2. The number of thioether (sulfide) groups is 1. The molecule has 0 saturated heterocycles. The summed E-state index contributed by atoms with van der Waals surface area (Å²) in [7, 11) is -1.64. The quantitative estimate of drug-likeness (QED) is 0.875. The summed E-state index contributed by atoms with van der Waals surface area (Å²) < 4.78 is 27.9. The number of sulfonamides is 1. The Morgan fingerprint density at radius 1 is 1.26 bits per heavy atom. The lowest BCUT2D eigenvalue weighted by molar-refractivity contribution is 0.600. The van der Waals surface area contributed by atoms with Gasteiger partial charge in [0.05, 0.1) is 21.6 Å². The van der Waals surface area contributed by atoms with Crippen LogP contribution in [0.25, 0.3) is 0 Å². The predicted octanol–water partition coefficient (Wildman–Crippen LogP) is 4.34. The van der Waals surface area contributed by atoms with E-state index in [0.29, 0.717) is 21.6 Å². The molecule has 0 aromatic heterocycles. The minimum atomic E-state index is -3.67. The summed E-state index contributed by atoms with van der Waals surface area (Å²) in [4.78, 5) is 3.44. The largest absolute Gasteiger partial charge is 0.362 e. The molecule has 1 unspecified atom stereocenters. The van der Waals surface area contributed by atoms with Gasteiger partial charge in [-0.2, -0.15) is 0 Å². The van der Waals surface area contributed by atoms with Crippen LogP contribution in [0.2, 0.25) is 5.02 Å². The lowest BCUT2D eigenvalue weighted by atomic mass is 10.2. The average molecular weight is 369 g/mol. The molecule has 3 rings (SSSR count). The molecule has 4 nitrogen and oxygen atoms in total. The van der Waals surface area contributed by atoms with Gasteiger partial charge in [-0.05, 0) is 49.7 Å². The van der Waals surface area contributed by atoms with E-state index < -0.39 is 10.0 Å². The fourth-order valence-corrected chi connectivity index (χ4v) is 5.23. The van der Waals surface area contributed by atoms with Gasteiger partial charge in [0.1, 0.15) is 0 Å². The molecule has 1 atom stereocenters. The molecule has 0 fully saturated rings. The Morgan fingerprint density at radius 2 is 2.00 bits per heavy atom. The number of rotatable bonds is 3. The SMILES string of the molecule is Cc1c(Cl)cccc1S(=O)(=O)Nc1ccc2c(c1)SC(C)N2C. The Hall–Kier alpha value is -1.37. The Bertz CT molecular complexity index is 868. The molecule has 2 aromatic carbocycles. The third-order valence-electron chi connectivity index (χ3n) is 3.94. The van der Waals surface area contributed by atoms with Crippen molar-refractivity contribution in [3.8, 4) is 0 Å². The van der Waals surface area contributed by atoms with E-state index in [1.54, 1.807) is 43.0 Å². The third kappa shape index (κ3) is 3.03. The highest BCUT2D eigenvalue weighted by Gasteiger charge is 2.25. The molecule has 1 heterocycles. The van der Waals surface area contributed by atoms with Crippen LogP contribution >= 0.6 is 23.4 Å². The Morgan fingerprint density at radius 3 is 2.74 bits per heavy atom. The minimum absolute atomic E-state index is 0.198. The van der Waals surface area contributed by atoms with Crippen molar-refractivity contribution in [3.05, 3.63) is 47.0 Å². The van der Waals surface area contributed by atoms with Crippen LogP contribution < -0.4 is 9.62 Å². The molecule has 0 spiro atoms. The van der Waals surface area contributed by atoms with Crippen molar-refractivity contribution in [2.24, 2.45) is 0 Å². The number of fused-ring (bicyclic) bond motifs is 1. The number of hydrogen-bond acceptors (Lipinski definition) is 4. The van der Waals surface area contributed by atoms with E-state index in [9.17, 15) is 8.42 Å². The maximum Gasteiger partial charge on any atom is 0.262 e. The zero-order valence-corrected chi connectivity index (χ0v) is 15.4. The molecule has 0 amide bonds. The van der Waals surface area contributed by atoms with Crippen LogP contribution in [0.1, 0.15) is 12.5 Å². The maximum absolute atomic E-state index is 12.6. The van der Waals surface area contributed by atoms with Gasteiger partial charge in [-0.1, -0.05) is 29.4 Å². The van der Waals surface area contributed by atoms with E-state index in [1.165, 1.54) is 0 Å². The maximum atomic E-state index is 12.6. The molecule has 1 aliphatic rings. The third-order valence-corrected chi connectivity index (χ3v) is 7.12. The number of nitrogens with zero attached hydrogens (tertiary/aromatic N) is 1. The van der Waals surface area contributed by atoms with Gasteiger partial charge in [-0.3, -0.25) is 4.72 Å². The van der Waals surface area contributed by atoms with Crippen LogP contribution in [0.5, 0.6) is 0 Å². The molecule has 0 saturated carbocycles. The Labute approximate surface area is 145 Å². The van der Waals surface area contributed by atoms with Crippen LogP contribution in [0.4, 0.5) is 11.4 Å². The first-order valence-electron chi connectivity index (χ1n) is 7.11. The summed E-state index contributed by atoms with van der Waals surface area (Å²) >= 11 is 7.74. The summed E-state index contributed by atoms with van der Waals surface area (Å²) in [6, 6.07) is 10.5. The second-order valence-electron chi connectivity index (χ2n) is 5.48. The second kappa shape index (κ2) is 5.92. The molecule has 7 heteroatoms. The van der Waals surface area contributed by atoms with Crippen molar-refractivity contribution >= 4 is 44.8 Å². The second-order valence-corrected chi connectivity index (χ2v) is 8.89. The zero-order chi connectivity index (χ0) is 16.8. The highest BCUT2D eigenvalue weighted by molar-refractivity contribution is 8.00. The number of anilines is 2. The van der Waals surface area contributed by atoms with Crippen LogP contribution in [0.3, 0.4) is 0 Å². The van der Waals surface area contributed by atoms with E-state index in [0.717, 1.165) is 10.6 Å². The lowest BCUT2D eigenvalue weighted by Gasteiger charge is -2.17. The fourth-order valence-electron chi connectivity index (χ4n) is 2.51. The van der Waals surface area contributed by atoms with Crippen molar-refractivity contribution in [3.63, 3.8) is 0 Å². The van der Waals surface area contributed by atoms with Crippen molar-refractivity contribution in [2.45, 2.75) is 29.0 Å². The minimum Gasteiger partial charge on any atom is -0.362 e. The highest BCUT2D eigenvalue weighted by Crippen LogP contribution is 2.43. The van der Waals surface area contributed by atoms with Crippen LogP contribution in [0.15, 0.2) is 46.2 Å². The van der Waals surface area contributed by atoms with Gasteiger partial charge in [0.15, 0.2) is 0 Å². The lowest BCUT2D eigenvalue weighted by Crippen LogP contribution is -2.20. The predicted molar refractivity (Wildman–Crippen MR) is 97.2 cm³/mol. The summed E-state index contributed by atoms with van der Waals surface area (Å²) in [6.07, 6.45) is 0. The molecular formula is C16H17ClN2O2S2. The molecule has 2 aromatic rings. The summed E-state index contributed by atoms with van der Waals surface area (Å²) in [6.45, 7) is 3.82. The number of halogens is 1. The van der Waals surface area contributed by atoms with Crippen LogP contribution in [-0.4, -0.2) is 20.8 Å². The first-order valence-corrected chi connectivity index (χ1v) is 9.85. The van der Waals surface area contributed by atoms with Crippen molar-refractivity contribution in [1.29, 1.82) is 0 Å². The molecule has 23 heavy (non-hydrogen) atoms. The molecule has 0 aliphatic carbocycles. The first-order chi connectivity index (χ1) is 10.8. The van der Waals surface area contributed by atoms with E-state index in [1.807, 2.05) is 19.2 Å². The van der Waals surface area contributed by atoms with Gasteiger partial charge in [-0.25, -0.2) is 8.42 Å². The van der Waals surface area contributed by atoms with Gasteiger partial charge >= 0.3 is 0 Å². The zero-order valence-electron chi connectivity index (χ0n) is 13.0. The van der Waals surface area contributed by atoms with Crippen molar-refractivity contribution in [1.82, 2.24) is 0 Å². The Kier molecular flexibility index (Phi) is 4.25. The highest BCUT2D eigenvalue weighted by atomic mass is 35.5. The van der Waals surface area contributed by atoms with E-state index in [4.69, 9.17) is 11.6 Å². The van der Waals surface area contributed by atoms with Gasteiger partial charge in [0, 0.05) is 17.0 Å². The molecule has 1 N–H and O–H groups in total. The number of nitrogens with one attached hydrogen (secondary N) is 1. The molecule has 122 valence electrons. The van der Waals surface area contributed by atoms with Gasteiger partial charge in [-0.15, -0.1) is 0 Å². The van der Waals surface area contributed by atoms with E-state index in [-0.39, 0.29) is 4.90 Å². The van der Waals surface area contributed by atoms with E-state index in [2.05, 4.69) is 16.5 Å². The smallest absolute Gasteiger partial charge is 0.262 e. The van der Waals surface area contributed by atoms with Gasteiger partial charge < -0.3 is 4.90 Å². The Balaban J connectivity index is 1.93. The van der Waals surface area contributed by atoms with Gasteiger partial charge in [0.25, 0.3) is 10.0 Å². The standard InChI is InChI=1S/C16H17ClN2O2S2/c1-10-13(17)5-4-6-16(10)23(20,21)18-12-7-8-14-15(9-12)22-11(2)19(14)3/h4-9,11,18H,1-3H3. The molecule has 0 radical (unpaired) electrons. The molecule has 1 aliphatic heterocycles. The summed E-state index contributed by atoms with van der Waals surface area (Å²) in [5.41, 5.74) is 2.22. The molecular weight excluding hydrogens is 352 g/mol. The summed E-state index contributed by atoms with van der Waals surface area (Å²) in [5.74, 6) is 0. The van der Waals surface area contributed by atoms with E-state index >= 15 is 0 Å². The fraction of sp³-hybridized carbons (Fsp3) is 0.250. The normalized spacial score (nSPS) is 17.2. The summed E-state index contributed by atoms with van der Waals surface area (Å²) in [5, 5.41) is 0.778. The van der Waals surface area contributed by atoms with Crippen LogP contribution in [0, 0.1) is 6.92 Å². The topological polar surface area (TPSA) is 49.4 Å². The monoisotopic (exact) mass is 368 g/mol. The number of hydrogen-bond donors (Lipinski definition) is 1.